The number of benzene rings is 1. The third-order valence-corrected chi connectivity index (χ3v) is 3.26. The predicted octanol–water partition coefficient (Wildman–Crippen LogP) is 2.45. The highest BCUT2D eigenvalue weighted by Crippen LogP contribution is 2.22. The Bertz CT molecular complexity index is 595. The van der Waals surface area contributed by atoms with Crippen molar-refractivity contribution in [3.8, 4) is 11.3 Å². The van der Waals surface area contributed by atoms with E-state index < -0.39 is 11.6 Å². The fourth-order valence-corrected chi connectivity index (χ4v) is 2.16. The van der Waals surface area contributed by atoms with Gasteiger partial charge in [-0.3, -0.25) is 4.90 Å². The van der Waals surface area contributed by atoms with Gasteiger partial charge in [0.2, 0.25) is 0 Å². The second-order valence-corrected chi connectivity index (χ2v) is 4.70. The Hall–Kier alpha value is -1.79. The maximum absolute atomic E-state index is 13.2. The van der Waals surface area contributed by atoms with Crippen LogP contribution < -0.4 is 0 Å². The van der Waals surface area contributed by atoms with Gasteiger partial charge in [-0.25, -0.2) is 8.78 Å². The summed E-state index contributed by atoms with van der Waals surface area (Å²) in [6, 6.07) is 5.43. The molecule has 2 heterocycles. The molecule has 106 valence electrons. The third kappa shape index (κ3) is 2.86. The minimum atomic E-state index is -0.889. The maximum atomic E-state index is 13.2. The van der Waals surface area contributed by atoms with Gasteiger partial charge in [0.25, 0.3) is 0 Å². The van der Waals surface area contributed by atoms with E-state index in [1.165, 1.54) is 6.07 Å². The number of hydrogen-bond donors (Lipinski definition) is 0. The number of morpholine rings is 1. The van der Waals surface area contributed by atoms with E-state index in [0.29, 0.717) is 36.8 Å². The number of aromatic nitrogens is 1. The van der Waals surface area contributed by atoms with Crippen molar-refractivity contribution in [1.29, 1.82) is 0 Å². The molecule has 1 aromatic heterocycles. The molecule has 1 aliphatic heterocycles. The van der Waals surface area contributed by atoms with Crippen LogP contribution in [0.4, 0.5) is 8.78 Å². The van der Waals surface area contributed by atoms with E-state index in [0.717, 1.165) is 25.2 Å². The summed E-state index contributed by atoms with van der Waals surface area (Å²) < 4.78 is 36.6. The summed E-state index contributed by atoms with van der Waals surface area (Å²) in [5.74, 6) is -1.06. The van der Waals surface area contributed by atoms with Gasteiger partial charge in [0.15, 0.2) is 17.4 Å². The summed E-state index contributed by atoms with van der Waals surface area (Å²) in [5, 5.41) is 3.90. The van der Waals surface area contributed by atoms with E-state index in [-0.39, 0.29) is 0 Å². The topological polar surface area (TPSA) is 38.5 Å². The van der Waals surface area contributed by atoms with Crippen LogP contribution in [0.3, 0.4) is 0 Å². The van der Waals surface area contributed by atoms with Crippen molar-refractivity contribution in [2.75, 3.05) is 26.3 Å². The molecule has 20 heavy (non-hydrogen) atoms. The Kier molecular flexibility index (Phi) is 3.75. The van der Waals surface area contributed by atoms with Gasteiger partial charge in [-0.05, 0) is 18.2 Å². The van der Waals surface area contributed by atoms with Crippen LogP contribution >= 0.6 is 0 Å². The monoisotopic (exact) mass is 280 g/mol. The Morgan fingerprint density at radius 2 is 1.90 bits per heavy atom. The molecule has 1 aromatic carbocycles. The second-order valence-electron chi connectivity index (χ2n) is 4.70. The molecule has 3 rings (SSSR count). The quantitative estimate of drug-likeness (QED) is 0.865. The Balaban J connectivity index is 1.73. The molecule has 0 bridgehead atoms. The summed E-state index contributed by atoms with van der Waals surface area (Å²) in [6.07, 6.45) is 0. The van der Waals surface area contributed by atoms with Crippen molar-refractivity contribution in [1.82, 2.24) is 10.1 Å². The van der Waals surface area contributed by atoms with E-state index in [9.17, 15) is 8.78 Å². The van der Waals surface area contributed by atoms with Crippen molar-refractivity contribution < 1.29 is 18.0 Å². The Labute approximate surface area is 114 Å². The van der Waals surface area contributed by atoms with Gasteiger partial charge in [0.05, 0.1) is 19.8 Å². The average molecular weight is 280 g/mol. The molecule has 6 heteroatoms. The fraction of sp³-hybridized carbons (Fsp3) is 0.357. The lowest BCUT2D eigenvalue weighted by molar-refractivity contribution is 0.0305. The molecule has 1 aliphatic rings. The molecule has 0 radical (unpaired) electrons. The van der Waals surface area contributed by atoms with Gasteiger partial charge in [-0.1, -0.05) is 5.16 Å². The van der Waals surface area contributed by atoms with Crippen molar-refractivity contribution in [2.45, 2.75) is 6.54 Å². The molecular formula is C14H14F2N2O2. The van der Waals surface area contributed by atoms with Gasteiger partial charge < -0.3 is 9.26 Å². The highest BCUT2D eigenvalue weighted by Gasteiger charge is 2.15. The molecule has 0 aliphatic carbocycles. The Morgan fingerprint density at radius 1 is 1.10 bits per heavy atom. The molecule has 0 saturated carbocycles. The summed E-state index contributed by atoms with van der Waals surface area (Å²) in [4.78, 5) is 2.19. The molecule has 4 nitrogen and oxygen atoms in total. The maximum Gasteiger partial charge on any atom is 0.159 e. The van der Waals surface area contributed by atoms with Crippen LogP contribution in [-0.2, 0) is 11.3 Å². The van der Waals surface area contributed by atoms with E-state index in [2.05, 4.69) is 10.1 Å². The zero-order valence-electron chi connectivity index (χ0n) is 10.8. The number of ether oxygens (including phenoxy) is 1. The van der Waals surface area contributed by atoms with Crippen molar-refractivity contribution in [2.24, 2.45) is 0 Å². The first-order valence-electron chi connectivity index (χ1n) is 6.43. The first-order chi connectivity index (χ1) is 9.72. The van der Waals surface area contributed by atoms with Gasteiger partial charge in [0.1, 0.15) is 5.69 Å². The molecule has 0 atom stereocenters. The van der Waals surface area contributed by atoms with Crippen LogP contribution in [0.1, 0.15) is 5.76 Å². The highest BCUT2D eigenvalue weighted by atomic mass is 19.2. The third-order valence-electron chi connectivity index (χ3n) is 3.26. The average Bonchev–Trinajstić information content (AvgIpc) is 2.91. The summed E-state index contributed by atoms with van der Waals surface area (Å²) in [6.45, 7) is 3.76. The molecule has 1 fully saturated rings. The number of nitrogens with zero attached hydrogens (tertiary/aromatic N) is 2. The molecule has 0 N–H and O–H groups in total. The molecule has 0 amide bonds. The number of hydrogen-bond acceptors (Lipinski definition) is 4. The van der Waals surface area contributed by atoms with Gasteiger partial charge >= 0.3 is 0 Å². The minimum Gasteiger partial charge on any atom is -0.379 e. The van der Waals surface area contributed by atoms with Crippen LogP contribution in [0.15, 0.2) is 28.8 Å². The minimum absolute atomic E-state index is 0.501. The van der Waals surface area contributed by atoms with Crippen LogP contribution in [-0.4, -0.2) is 36.4 Å². The first kappa shape index (κ1) is 13.2. The van der Waals surface area contributed by atoms with E-state index in [1.807, 2.05) is 0 Å². The van der Waals surface area contributed by atoms with E-state index in [1.54, 1.807) is 6.07 Å². The van der Waals surface area contributed by atoms with E-state index >= 15 is 0 Å². The van der Waals surface area contributed by atoms with Gasteiger partial charge in [0, 0.05) is 24.7 Å². The molecule has 0 unspecified atom stereocenters. The first-order valence-corrected chi connectivity index (χ1v) is 6.43. The standard InChI is InChI=1S/C14H14F2N2O2/c15-12-2-1-10(7-13(12)16)14-8-11(20-17-14)9-18-3-5-19-6-4-18/h1-2,7-8H,3-6,9H2. The van der Waals surface area contributed by atoms with Crippen LogP contribution in [0.2, 0.25) is 0 Å². The molecule has 1 saturated heterocycles. The lowest BCUT2D eigenvalue weighted by Gasteiger charge is -2.25. The number of halogens is 2. The Morgan fingerprint density at radius 3 is 2.65 bits per heavy atom. The van der Waals surface area contributed by atoms with Crippen molar-refractivity contribution >= 4 is 0 Å². The van der Waals surface area contributed by atoms with Crippen LogP contribution in [0.25, 0.3) is 11.3 Å². The van der Waals surface area contributed by atoms with Crippen molar-refractivity contribution in [3.63, 3.8) is 0 Å². The zero-order chi connectivity index (χ0) is 13.9. The SMILES string of the molecule is Fc1ccc(-c2cc(CN3CCOCC3)on2)cc1F. The summed E-state index contributed by atoms with van der Waals surface area (Å²) >= 11 is 0. The number of rotatable bonds is 3. The second kappa shape index (κ2) is 5.68. The van der Waals surface area contributed by atoms with Crippen LogP contribution in [0, 0.1) is 11.6 Å². The summed E-state index contributed by atoms with van der Waals surface area (Å²) in [7, 11) is 0. The molecule has 0 spiro atoms. The summed E-state index contributed by atoms with van der Waals surface area (Å²) in [5.41, 5.74) is 1.01. The molecular weight excluding hydrogens is 266 g/mol. The predicted molar refractivity (Wildman–Crippen MR) is 68.0 cm³/mol. The highest BCUT2D eigenvalue weighted by molar-refractivity contribution is 5.58. The van der Waals surface area contributed by atoms with Crippen molar-refractivity contribution in [3.05, 3.63) is 41.7 Å². The lowest BCUT2D eigenvalue weighted by Crippen LogP contribution is -2.35. The smallest absolute Gasteiger partial charge is 0.159 e. The van der Waals surface area contributed by atoms with Gasteiger partial charge in [-0.15, -0.1) is 0 Å². The largest absolute Gasteiger partial charge is 0.379 e. The van der Waals surface area contributed by atoms with Gasteiger partial charge in [-0.2, -0.15) is 0 Å². The van der Waals surface area contributed by atoms with Crippen LogP contribution in [0.5, 0.6) is 0 Å². The van der Waals surface area contributed by atoms with E-state index in [4.69, 9.17) is 9.26 Å². The normalized spacial score (nSPS) is 16.5. The fourth-order valence-electron chi connectivity index (χ4n) is 2.16. The molecule has 2 aromatic rings. The zero-order valence-corrected chi connectivity index (χ0v) is 10.8. The lowest BCUT2D eigenvalue weighted by atomic mass is 10.1.